The lowest BCUT2D eigenvalue weighted by Gasteiger charge is -2.21. The van der Waals surface area contributed by atoms with E-state index in [1.807, 2.05) is 13.8 Å². The van der Waals surface area contributed by atoms with E-state index >= 15 is 0 Å². The molecule has 0 aliphatic rings. The average Bonchev–Trinajstić information content (AvgIpc) is 2.29. The standard InChI is InChI=1S/C13H18FNO2/c1-9(2)15(4)13(16)8-17-11-5-6-12(14)10(3)7-11/h5-7,9H,8H2,1-4H3. The number of likely N-dealkylation sites (N-methyl/N-ethyl adjacent to an activating group) is 1. The molecule has 94 valence electrons. The van der Waals surface area contributed by atoms with Crippen LogP contribution in [0.25, 0.3) is 0 Å². The maximum absolute atomic E-state index is 13.0. The minimum atomic E-state index is -0.275. The Kier molecular flexibility index (Phi) is 4.49. The van der Waals surface area contributed by atoms with E-state index in [1.54, 1.807) is 24.9 Å². The summed E-state index contributed by atoms with van der Waals surface area (Å²) in [6.45, 7) is 5.49. The maximum Gasteiger partial charge on any atom is 0.260 e. The van der Waals surface area contributed by atoms with Gasteiger partial charge in [-0.2, -0.15) is 0 Å². The topological polar surface area (TPSA) is 29.5 Å². The monoisotopic (exact) mass is 239 g/mol. The summed E-state index contributed by atoms with van der Waals surface area (Å²) in [4.78, 5) is 13.2. The van der Waals surface area contributed by atoms with E-state index in [4.69, 9.17) is 4.74 Å². The van der Waals surface area contributed by atoms with Crippen molar-refractivity contribution < 1.29 is 13.9 Å². The normalized spacial score (nSPS) is 10.5. The minimum Gasteiger partial charge on any atom is -0.484 e. The Balaban J connectivity index is 2.56. The molecule has 0 aliphatic carbocycles. The van der Waals surface area contributed by atoms with Gasteiger partial charge in [0.1, 0.15) is 11.6 Å². The smallest absolute Gasteiger partial charge is 0.260 e. The fourth-order valence-corrected chi connectivity index (χ4v) is 1.24. The Labute approximate surface area is 101 Å². The molecule has 0 saturated carbocycles. The Hall–Kier alpha value is -1.58. The molecule has 1 rings (SSSR count). The Morgan fingerprint density at radius 1 is 1.47 bits per heavy atom. The number of nitrogens with zero attached hydrogens (tertiary/aromatic N) is 1. The van der Waals surface area contributed by atoms with Gasteiger partial charge in [-0.3, -0.25) is 4.79 Å². The molecule has 0 radical (unpaired) electrons. The average molecular weight is 239 g/mol. The maximum atomic E-state index is 13.0. The van der Waals surface area contributed by atoms with Gasteiger partial charge in [0.25, 0.3) is 5.91 Å². The van der Waals surface area contributed by atoms with E-state index in [-0.39, 0.29) is 24.4 Å². The van der Waals surface area contributed by atoms with Crippen LogP contribution in [0.4, 0.5) is 4.39 Å². The van der Waals surface area contributed by atoms with Crippen LogP contribution in [-0.4, -0.2) is 30.5 Å². The first kappa shape index (κ1) is 13.5. The highest BCUT2D eigenvalue weighted by atomic mass is 19.1. The molecule has 0 heterocycles. The van der Waals surface area contributed by atoms with E-state index in [2.05, 4.69) is 0 Å². The molecule has 1 amide bonds. The van der Waals surface area contributed by atoms with Gasteiger partial charge >= 0.3 is 0 Å². The molecular formula is C13H18FNO2. The van der Waals surface area contributed by atoms with Crippen molar-refractivity contribution in [2.45, 2.75) is 26.8 Å². The van der Waals surface area contributed by atoms with Gasteiger partial charge in [-0.25, -0.2) is 4.39 Å². The summed E-state index contributed by atoms with van der Waals surface area (Å²) in [6.07, 6.45) is 0. The number of benzene rings is 1. The van der Waals surface area contributed by atoms with Crippen molar-refractivity contribution in [2.75, 3.05) is 13.7 Å². The first-order valence-corrected chi connectivity index (χ1v) is 5.56. The molecule has 0 aromatic heterocycles. The van der Waals surface area contributed by atoms with Crippen molar-refractivity contribution in [3.05, 3.63) is 29.6 Å². The Bertz CT molecular complexity index is 404. The molecule has 0 unspecified atom stereocenters. The van der Waals surface area contributed by atoms with E-state index in [1.165, 1.54) is 12.1 Å². The molecule has 0 atom stereocenters. The van der Waals surface area contributed by atoms with Crippen LogP contribution in [0.1, 0.15) is 19.4 Å². The fraction of sp³-hybridized carbons (Fsp3) is 0.462. The number of amides is 1. The van der Waals surface area contributed by atoms with Crippen LogP contribution < -0.4 is 4.74 Å². The molecular weight excluding hydrogens is 221 g/mol. The molecule has 3 nitrogen and oxygen atoms in total. The number of rotatable bonds is 4. The highest BCUT2D eigenvalue weighted by molar-refractivity contribution is 5.77. The zero-order chi connectivity index (χ0) is 13.0. The van der Waals surface area contributed by atoms with Crippen molar-refractivity contribution in [2.24, 2.45) is 0 Å². The van der Waals surface area contributed by atoms with E-state index in [0.29, 0.717) is 11.3 Å². The lowest BCUT2D eigenvalue weighted by atomic mass is 10.2. The van der Waals surface area contributed by atoms with Crippen LogP contribution in [0.5, 0.6) is 5.75 Å². The van der Waals surface area contributed by atoms with Crippen LogP contribution in [0.15, 0.2) is 18.2 Å². The first-order valence-electron chi connectivity index (χ1n) is 5.56. The Morgan fingerprint density at radius 3 is 2.65 bits per heavy atom. The van der Waals surface area contributed by atoms with Gasteiger partial charge in [0.15, 0.2) is 6.61 Å². The molecule has 17 heavy (non-hydrogen) atoms. The number of carbonyl (C=O) groups is 1. The summed E-state index contributed by atoms with van der Waals surface area (Å²) >= 11 is 0. The summed E-state index contributed by atoms with van der Waals surface area (Å²) in [6, 6.07) is 4.57. The molecule has 0 saturated heterocycles. The summed E-state index contributed by atoms with van der Waals surface area (Å²) < 4.78 is 18.3. The molecule has 0 aliphatic heterocycles. The summed E-state index contributed by atoms with van der Waals surface area (Å²) in [5.41, 5.74) is 0.507. The fourth-order valence-electron chi connectivity index (χ4n) is 1.24. The Morgan fingerprint density at radius 2 is 2.12 bits per heavy atom. The highest BCUT2D eigenvalue weighted by Crippen LogP contribution is 2.15. The predicted octanol–water partition coefficient (Wildman–Crippen LogP) is 2.38. The third kappa shape index (κ3) is 3.73. The van der Waals surface area contributed by atoms with Crippen LogP contribution in [0.2, 0.25) is 0 Å². The van der Waals surface area contributed by atoms with Crippen molar-refractivity contribution in [3.8, 4) is 5.75 Å². The number of carbonyl (C=O) groups excluding carboxylic acids is 1. The zero-order valence-corrected chi connectivity index (χ0v) is 10.7. The second kappa shape index (κ2) is 5.66. The number of halogens is 1. The lowest BCUT2D eigenvalue weighted by Crippen LogP contribution is -2.36. The van der Waals surface area contributed by atoms with E-state index in [9.17, 15) is 9.18 Å². The quantitative estimate of drug-likeness (QED) is 0.807. The largest absolute Gasteiger partial charge is 0.484 e. The second-order valence-corrected chi connectivity index (χ2v) is 4.30. The molecule has 0 spiro atoms. The van der Waals surface area contributed by atoms with Crippen molar-refractivity contribution in [1.29, 1.82) is 0 Å². The predicted molar refractivity (Wildman–Crippen MR) is 64.5 cm³/mol. The first-order chi connectivity index (χ1) is 7.91. The van der Waals surface area contributed by atoms with Crippen molar-refractivity contribution >= 4 is 5.91 Å². The number of aryl methyl sites for hydroxylation is 1. The van der Waals surface area contributed by atoms with Crippen LogP contribution in [-0.2, 0) is 4.79 Å². The molecule has 1 aromatic rings. The van der Waals surface area contributed by atoms with Gasteiger partial charge in [0.2, 0.25) is 0 Å². The molecule has 0 fully saturated rings. The van der Waals surface area contributed by atoms with Gasteiger partial charge in [0, 0.05) is 13.1 Å². The van der Waals surface area contributed by atoms with Gasteiger partial charge in [-0.15, -0.1) is 0 Å². The molecule has 1 aromatic carbocycles. The van der Waals surface area contributed by atoms with Gasteiger partial charge in [-0.1, -0.05) is 0 Å². The van der Waals surface area contributed by atoms with Crippen LogP contribution in [0.3, 0.4) is 0 Å². The number of ether oxygens (including phenoxy) is 1. The summed E-state index contributed by atoms with van der Waals surface area (Å²) in [5, 5.41) is 0. The summed E-state index contributed by atoms with van der Waals surface area (Å²) in [7, 11) is 1.73. The highest BCUT2D eigenvalue weighted by Gasteiger charge is 2.12. The molecule has 0 bridgehead atoms. The van der Waals surface area contributed by atoms with Gasteiger partial charge in [0.05, 0.1) is 0 Å². The van der Waals surface area contributed by atoms with E-state index < -0.39 is 0 Å². The third-order valence-corrected chi connectivity index (χ3v) is 2.66. The molecule has 4 heteroatoms. The van der Waals surface area contributed by atoms with Crippen molar-refractivity contribution in [3.63, 3.8) is 0 Å². The van der Waals surface area contributed by atoms with Gasteiger partial charge < -0.3 is 9.64 Å². The third-order valence-electron chi connectivity index (χ3n) is 2.66. The van der Waals surface area contributed by atoms with Gasteiger partial charge in [-0.05, 0) is 44.5 Å². The van der Waals surface area contributed by atoms with Crippen LogP contribution in [0, 0.1) is 12.7 Å². The SMILES string of the molecule is Cc1cc(OCC(=O)N(C)C(C)C)ccc1F. The number of hydrogen-bond donors (Lipinski definition) is 0. The summed E-state index contributed by atoms with van der Waals surface area (Å²) in [5.74, 6) is 0.138. The minimum absolute atomic E-state index is 0.0280. The molecule has 0 N–H and O–H groups in total. The lowest BCUT2D eigenvalue weighted by molar-refractivity contribution is -0.133. The van der Waals surface area contributed by atoms with Crippen molar-refractivity contribution in [1.82, 2.24) is 4.90 Å². The number of hydrogen-bond acceptors (Lipinski definition) is 2. The second-order valence-electron chi connectivity index (χ2n) is 4.30. The van der Waals surface area contributed by atoms with E-state index in [0.717, 1.165) is 0 Å². The van der Waals surface area contributed by atoms with Crippen LogP contribution >= 0.6 is 0 Å². The zero-order valence-electron chi connectivity index (χ0n) is 10.7.